The monoisotopic (exact) mass is 256 g/mol. The summed E-state index contributed by atoms with van der Waals surface area (Å²) in [5.41, 5.74) is 0. The molecule has 106 valence electrons. The molecule has 0 saturated carbocycles. The maximum atomic E-state index is 12.3. The van der Waals surface area contributed by atoms with E-state index in [9.17, 15) is 4.79 Å². The fraction of sp³-hybridized carbons (Fsp3) is 0.929. The average Bonchev–Trinajstić information content (AvgIpc) is 2.42. The van der Waals surface area contributed by atoms with Crippen molar-refractivity contribution in [3.05, 3.63) is 0 Å². The summed E-state index contributed by atoms with van der Waals surface area (Å²) in [4.78, 5) is 14.2. The van der Waals surface area contributed by atoms with Crippen molar-refractivity contribution < 1.29 is 9.90 Å². The minimum atomic E-state index is 0.0691. The third-order valence-corrected chi connectivity index (χ3v) is 3.61. The number of nitrogens with one attached hydrogen (secondary N) is 1. The van der Waals surface area contributed by atoms with Crippen LogP contribution in [0.5, 0.6) is 0 Å². The van der Waals surface area contributed by atoms with Crippen molar-refractivity contribution in [2.45, 2.75) is 45.4 Å². The van der Waals surface area contributed by atoms with Gasteiger partial charge in [-0.15, -0.1) is 0 Å². The van der Waals surface area contributed by atoms with E-state index in [0.717, 1.165) is 38.9 Å². The molecule has 0 unspecified atom stereocenters. The Morgan fingerprint density at radius 3 is 2.78 bits per heavy atom. The third-order valence-electron chi connectivity index (χ3n) is 3.61. The molecule has 4 heteroatoms. The van der Waals surface area contributed by atoms with E-state index in [0.29, 0.717) is 6.54 Å². The van der Waals surface area contributed by atoms with Gasteiger partial charge in [-0.2, -0.15) is 0 Å². The highest BCUT2D eigenvalue weighted by Crippen LogP contribution is 2.14. The van der Waals surface area contributed by atoms with Gasteiger partial charge in [-0.1, -0.05) is 26.2 Å². The molecule has 1 rings (SSSR count). The van der Waals surface area contributed by atoms with Crippen LogP contribution in [0.15, 0.2) is 0 Å². The lowest BCUT2D eigenvalue weighted by Crippen LogP contribution is -2.44. The van der Waals surface area contributed by atoms with Crippen LogP contribution < -0.4 is 5.32 Å². The Kier molecular flexibility index (Phi) is 8.01. The molecule has 18 heavy (non-hydrogen) atoms. The molecule has 1 amide bonds. The number of rotatable bonds is 8. The maximum Gasteiger partial charge on any atom is 0.227 e. The summed E-state index contributed by atoms with van der Waals surface area (Å²) in [6.45, 7) is 5.37. The minimum Gasteiger partial charge on any atom is -0.395 e. The number of amides is 1. The van der Waals surface area contributed by atoms with Crippen LogP contribution in [0.25, 0.3) is 0 Å². The van der Waals surface area contributed by atoms with Crippen molar-refractivity contribution in [3.63, 3.8) is 0 Å². The molecule has 4 nitrogen and oxygen atoms in total. The number of piperidine rings is 1. The molecule has 0 aromatic heterocycles. The smallest absolute Gasteiger partial charge is 0.227 e. The number of aliphatic hydroxyl groups is 1. The van der Waals surface area contributed by atoms with Crippen LogP contribution in [-0.4, -0.2) is 48.7 Å². The van der Waals surface area contributed by atoms with Crippen molar-refractivity contribution in [1.29, 1.82) is 0 Å². The van der Waals surface area contributed by atoms with Crippen LogP contribution in [0, 0.1) is 5.92 Å². The molecule has 1 aliphatic rings. The molecule has 2 N–H and O–H groups in total. The van der Waals surface area contributed by atoms with Crippen LogP contribution in [0.4, 0.5) is 0 Å². The standard InChI is InChI=1S/C14H28N2O2/c1-2-3-4-5-9-16(10-11-17)14(18)13-7-6-8-15-12-13/h13,15,17H,2-12H2,1H3/t13-/m0/s1. The molecular formula is C14H28N2O2. The Balaban J connectivity index is 2.35. The molecular weight excluding hydrogens is 228 g/mol. The highest BCUT2D eigenvalue weighted by molar-refractivity contribution is 5.79. The second kappa shape index (κ2) is 9.34. The molecule has 0 aliphatic carbocycles. The molecule has 1 atom stereocenters. The number of nitrogens with zero attached hydrogens (tertiary/aromatic N) is 1. The highest BCUT2D eigenvalue weighted by atomic mass is 16.3. The number of hydrogen-bond donors (Lipinski definition) is 2. The fourth-order valence-electron chi connectivity index (χ4n) is 2.50. The summed E-state index contributed by atoms with van der Waals surface area (Å²) in [5.74, 6) is 0.351. The number of unbranched alkanes of at least 4 members (excludes halogenated alkanes) is 3. The van der Waals surface area contributed by atoms with E-state index in [1.54, 1.807) is 0 Å². The van der Waals surface area contributed by atoms with Gasteiger partial charge in [0, 0.05) is 19.6 Å². The van der Waals surface area contributed by atoms with Crippen molar-refractivity contribution in [2.75, 3.05) is 32.8 Å². The molecule has 0 spiro atoms. The van der Waals surface area contributed by atoms with Gasteiger partial charge >= 0.3 is 0 Å². The number of carbonyl (C=O) groups excluding carboxylic acids is 1. The van der Waals surface area contributed by atoms with Gasteiger partial charge in [0.15, 0.2) is 0 Å². The summed E-state index contributed by atoms with van der Waals surface area (Å²) in [5, 5.41) is 12.4. The number of hydrogen-bond acceptors (Lipinski definition) is 3. The number of aliphatic hydroxyl groups excluding tert-OH is 1. The zero-order chi connectivity index (χ0) is 13.2. The molecule has 1 heterocycles. The normalized spacial score (nSPS) is 19.8. The van der Waals surface area contributed by atoms with Crippen LogP contribution in [0.2, 0.25) is 0 Å². The summed E-state index contributed by atoms with van der Waals surface area (Å²) >= 11 is 0. The van der Waals surface area contributed by atoms with Gasteiger partial charge < -0.3 is 15.3 Å². The SMILES string of the molecule is CCCCCCN(CCO)C(=O)[C@H]1CCCNC1. The van der Waals surface area contributed by atoms with Gasteiger partial charge in [0.1, 0.15) is 0 Å². The van der Waals surface area contributed by atoms with Gasteiger partial charge in [0.05, 0.1) is 12.5 Å². The van der Waals surface area contributed by atoms with Gasteiger partial charge in [-0.25, -0.2) is 0 Å². The van der Waals surface area contributed by atoms with Crippen LogP contribution in [0.1, 0.15) is 45.4 Å². The van der Waals surface area contributed by atoms with Gasteiger partial charge in [0.25, 0.3) is 0 Å². The van der Waals surface area contributed by atoms with E-state index in [1.165, 1.54) is 19.3 Å². The number of carbonyl (C=O) groups is 1. The topological polar surface area (TPSA) is 52.6 Å². The Hall–Kier alpha value is -0.610. The van der Waals surface area contributed by atoms with E-state index in [1.807, 2.05) is 4.90 Å². The first kappa shape index (κ1) is 15.4. The Bertz CT molecular complexity index is 228. The first-order valence-corrected chi connectivity index (χ1v) is 7.40. The van der Waals surface area contributed by atoms with E-state index >= 15 is 0 Å². The minimum absolute atomic E-state index is 0.0691. The van der Waals surface area contributed by atoms with E-state index < -0.39 is 0 Å². The van der Waals surface area contributed by atoms with Gasteiger partial charge in [0.2, 0.25) is 5.91 Å². The second-order valence-electron chi connectivity index (χ2n) is 5.15. The van der Waals surface area contributed by atoms with Gasteiger partial charge in [-0.05, 0) is 25.8 Å². The van der Waals surface area contributed by atoms with E-state index in [-0.39, 0.29) is 18.4 Å². The third kappa shape index (κ3) is 5.36. The highest BCUT2D eigenvalue weighted by Gasteiger charge is 2.25. The first-order valence-electron chi connectivity index (χ1n) is 7.40. The zero-order valence-corrected chi connectivity index (χ0v) is 11.7. The summed E-state index contributed by atoms with van der Waals surface area (Å²) in [7, 11) is 0. The molecule has 0 aromatic carbocycles. The van der Waals surface area contributed by atoms with Crippen LogP contribution in [-0.2, 0) is 4.79 Å². The average molecular weight is 256 g/mol. The summed E-state index contributed by atoms with van der Waals surface area (Å²) in [6, 6.07) is 0. The largest absolute Gasteiger partial charge is 0.395 e. The van der Waals surface area contributed by atoms with Crippen molar-refractivity contribution in [1.82, 2.24) is 10.2 Å². The van der Waals surface area contributed by atoms with Gasteiger partial charge in [-0.3, -0.25) is 4.79 Å². The Labute approximate surface area is 111 Å². The summed E-state index contributed by atoms with van der Waals surface area (Å²) in [6.07, 6.45) is 6.74. The fourth-order valence-corrected chi connectivity index (χ4v) is 2.50. The predicted octanol–water partition coefficient (Wildman–Crippen LogP) is 1.39. The molecule has 0 aromatic rings. The predicted molar refractivity (Wildman–Crippen MR) is 73.4 cm³/mol. The lowest BCUT2D eigenvalue weighted by molar-refractivity contribution is -0.136. The Morgan fingerprint density at radius 1 is 1.33 bits per heavy atom. The first-order chi connectivity index (χ1) is 8.79. The van der Waals surface area contributed by atoms with E-state index in [4.69, 9.17) is 5.11 Å². The summed E-state index contributed by atoms with van der Waals surface area (Å²) < 4.78 is 0. The van der Waals surface area contributed by atoms with Crippen molar-refractivity contribution in [2.24, 2.45) is 5.92 Å². The van der Waals surface area contributed by atoms with Crippen LogP contribution in [0.3, 0.4) is 0 Å². The van der Waals surface area contributed by atoms with Crippen LogP contribution >= 0.6 is 0 Å². The Morgan fingerprint density at radius 2 is 2.17 bits per heavy atom. The molecule has 0 bridgehead atoms. The molecule has 0 radical (unpaired) electrons. The lowest BCUT2D eigenvalue weighted by atomic mass is 9.98. The molecule has 1 fully saturated rings. The second-order valence-corrected chi connectivity index (χ2v) is 5.15. The van der Waals surface area contributed by atoms with Crippen molar-refractivity contribution >= 4 is 5.91 Å². The molecule has 1 aliphatic heterocycles. The van der Waals surface area contributed by atoms with Crippen molar-refractivity contribution in [3.8, 4) is 0 Å². The molecule has 1 saturated heterocycles. The zero-order valence-electron chi connectivity index (χ0n) is 11.7. The van der Waals surface area contributed by atoms with E-state index in [2.05, 4.69) is 12.2 Å². The maximum absolute atomic E-state index is 12.3. The lowest BCUT2D eigenvalue weighted by Gasteiger charge is -2.29. The quantitative estimate of drug-likeness (QED) is 0.645.